The molecule has 0 N–H and O–H groups in total. The Morgan fingerprint density at radius 1 is 0.720 bits per heavy atom. The minimum atomic E-state index is -0.506. The summed E-state index contributed by atoms with van der Waals surface area (Å²) in [6, 6.07) is 24.8. The summed E-state index contributed by atoms with van der Waals surface area (Å²) in [5, 5.41) is 0. The molecule has 122 valence electrons. The van der Waals surface area contributed by atoms with Gasteiger partial charge in [0.25, 0.3) is 0 Å². The van der Waals surface area contributed by atoms with Crippen molar-refractivity contribution in [3.8, 4) is 28.1 Å². The van der Waals surface area contributed by atoms with Gasteiger partial charge >= 0.3 is 5.63 Å². The van der Waals surface area contributed by atoms with E-state index in [0.717, 1.165) is 11.1 Å². The van der Waals surface area contributed by atoms with Crippen LogP contribution in [0.25, 0.3) is 28.1 Å². The van der Waals surface area contributed by atoms with Crippen LogP contribution in [0.5, 0.6) is 0 Å². The first kappa shape index (κ1) is 15.1. The zero-order valence-corrected chi connectivity index (χ0v) is 13.2. The maximum atomic E-state index is 14.3. The normalized spacial score (nSPS) is 10.8. The van der Waals surface area contributed by atoms with Gasteiger partial charge in [0.2, 0.25) is 0 Å². The Morgan fingerprint density at radius 3 is 1.92 bits per heavy atom. The van der Waals surface area contributed by atoms with Crippen molar-refractivity contribution in [1.29, 1.82) is 0 Å². The van der Waals surface area contributed by atoms with Crippen molar-refractivity contribution in [1.82, 2.24) is 4.74 Å². The van der Waals surface area contributed by atoms with E-state index in [9.17, 15) is 9.18 Å². The molecule has 0 bridgehead atoms. The second-order valence-electron chi connectivity index (χ2n) is 5.58. The Labute approximate surface area is 143 Å². The zero-order chi connectivity index (χ0) is 17.2. The van der Waals surface area contributed by atoms with Crippen LogP contribution in [0.4, 0.5) is 4.39 Å². The third-order valence-corrected chi connectivity index (χ3v) is 4.00. The number of benzene rings is 3. The highest BCUT2D eigenvalue weighted by molar-refractivity contribution is 5.81. The molecule has 0 atom stereocenters. The number of hydrogen-bond acceptors (Lipinski definition) is 2. The number of rotatable bonds is 3. The molecule has 0 amide bonds. The van der Waals surface area contributed by atoms with Gasteiger partial charge in [-0.15, -0.1) is 0 Å². The van der Waals surface area contributed by atoms with Crippen LogP contribution >= 0.6 is 0 Å². The van der Waals surface area contributed by atoms with Crippen LogP contribution in [0.2, 0.25) is 0 Å². The summed E-state index contributed by atoms with van der Waals surface area (Å²) in [4.78, 5) is 12.6. The molecule has 4 heteroatoms. The highest BCUT2D eigenvalue weighted by Crippen LogP contribution is 2.32. The summed E-state index contributed by atoms with van der Waals surface area (Å²) >= 11 is 0. The largest absolute Gasteiger partial charge is 0.366 e. The first-order valence-electron chi connectivity index (χ1n) is 7.88. The lowest BCUT2D eigenvalue weighted by atomic mass is 10.0. The SMILES string of the molecule is O=c1on(-c2ccccc2F)c(-c2ccccc2)c1-c1ccccc1. The van der Waals surface area contributed by atoms with Gasteiger partial charge in [-0.1, -0.05) is 72.8 Å². The molecule has 25 heavy (non-hydrogen) atoms. The van der Waals surface area contributed by atoms with Crippen molar-refractivity contribution in [3.63, 3.8) is 0 Å². The number of aromatic nitrogens is 1. The molecule has 0 aliphatic carbocycles. The van der Waals surface area contributed by atoms with Gasteiger partial charge in [-0.05, 0) is 17.7 Å². The van der Waals surface area contributed by atoms with Crippen LogP contribution in [-0.2, 0) is 0 Å². The van der Waals surface area contributed by atoms with E-state index in [2.05, 4.69) is 0 Å². The highest BCUT2D eigenvalue weighted by atomic mass is 19.1. The molecule has 4 aromatic rings. The lowest BCUT2D eigenvalue weighted by Crippen LogP contribution is -1.99. The highest BCUT2D eigenvalue weighted by Gasteiger charge is 2.22. The minimum Gasteiger partial charge on any atom is -0.330 e. The van der Waals surface area contributed by atoms with Crippen molar-refractivity contribution in [2.24, 2.45) is 0 Å². The maximum absolute atomic E-state index is 14.3. The topological polar surface area (TPSA) is 35.1 Å². The van der Waals surface area contributed by atoms with E-state index in [0.29, 0.717) is 11.3 Å². The Kier molecular flexibility index (Phi) is 3.78. The average Bonchev–Trinajstić information content (AvgIpc) is 3.00. The molecule has 0 unspecified atom stereocenters. The molecule has 3 aromatic carbocycles. The average molecular weight is 331 g/mol. The second-order valence-corrected chi connectivity index (χ2v) is 5.58. The molecule has 3 nitrogen and oxygen atoms in total. The van der Waals surface area contributed by atoms with Gasteiger partial charge in [-0.25, -0.2) is 9.18 Å². The van der Waals surface area contributed by atoms with Crippen molar-refractivity contribution in [2.45, 2.75) is 0 Å². The monoisotopic (exact) mass is 331 g/mol. The number of halogens is 1. The van der Waals surface area contributed by atoms with Crippen LogP contribution in [-0.4, -0.2) is 4.74 Å². The van der Waals surface area contributed by atoms with Crippen LogP contribution in [0.3, 0.4) is 0 Å². The molecule has 0 saturated carbocycles. The Balaban J connectivity index is 2.07. The van der Waals surface area contributed by atoms with Gasteiger partial charge in [-0.3, -0.25) is 0 Å². The molecular formula is C21H14FNO2. The molecule has 0 radical (unpaired) electrons. The molecule has 0 aliphatic heterocycles. The fourth-order valence-corrected chi connectivity index (χ4v) is 2.88. The molecule has 0 saturated heterocycles. The summed E-state index contributed by atoms with van der Waals surface area (Å²) in [5.41, 5.74) is 2.13. The van der Waals surface area contributed by atoms with Gasteiger partial charge in [0, 0.05) is 5.56 Å². The van der Waals surface area contributed by atoms with Gasteiger partial charge in [0.05, 0.1) is 5.56 Å². The van der Waals surface area contributed by atoms with E-state index in [-0.39, 0.29) is 5.69 Å². The van der Waals surface area contributed by atoms with Crippen molar-refractivity contribution in [3.05, 3.63) is 101 Å². The van der Waals surface area contributed by atoms with Crippen LogP contribution in [0, 0.1) is 5.82 Å². The Bertz CT molecular complexity index is 1070. The van der Waals surface area contributed by atoms with E-state index < -0.39 is 11.4 Å². The Hall–Kier alpha value is -3.40. The third-order valence-electron chi connectivity index (χ3n) is 4.00. The molecule has 4 rings (SSSR count). The number of para-hydroxylation sites is 1. The van der Waals surface area contributed by atoms with E-state index in [1.807, 2.05) is 60.7 Å². The van der Waals surface area contributed by atoms with Gasteiger partial charge in [0.15, 0.2) is 0 Å². The van der Waals surface area contributed by atoms with Crippen molar-refractivity contribution in [2.75, 3.05) is 0 Å². The van der Waals surface area contributed by atoms with E-state index in [1.54, 1.807) is 18.2 Å². The summed E-state index contributed by atoms with van der Waals surface area (Å²) in [7, 11) is 0. The van der Waals surface area contributed by atoms with Crippen LogP contribution < -0.4 is 5.63 Å². The number of hydrogen-bond donors (Lipinski definition) is 0. The molecule has 1 heterocycles. The summed E-state index contributed by atoms with van der Waals surface area (Å²) in [6.45, 7) is 0. The lowest BCUT2D eigenvalue weighted by molar-refractivity contribution is 0.321. The van der Waals surface area contributed by atoms with Crippen LogP contribution in [0.15, 0.2) is 94.2 Å². The maximum Gasteiger partial charge on any atom is 0.366 e. The third kappa shape index (κ3) is 2.68. The van der Waals surface area contributed by atoms with Gasteiger partial charge < -0.3 is 4.52 Å². The van der Waals surface area contributed by atoms with Gasteiger partial charge in [0.1, 0.15) is 17.2 Å². The van der Waals surface area contributed by atoms with Gasteiger partial charge in [-0.2, -0.15) is 4.74 Å². The molecule has 0 fully saturated rings. The van der Waals surface area contributed by atoms with E-state index >= 15 is 0 Å². The predicted molar refractivity (Wildman–Crippen MR) is 95.1 cm³/mol. The summed E-state index contributed by atoms with van der Waals surface area (Å²) < 4.78 is 21.0. The quantitative estimate of drug-likeness (QED) is 0.535. The zero-order valence-electron chi connectivity index (χ0n) is 13.2. The standard InChI is InChI=1S/C21H14FNO2/c22-17-13-7-8-14-18(17)23-20(16-11-5-2-6-12-16)19(21(24)25-23)15-9-3-1-4-10-15/h1-14H. The molecule has 0 spiro atoms. The first-order valence-corrected chi connectivity index (χ1v) is 7.88. The van der Waals surface area contributed by atoms with E-state index in [1.165, 1.54) is 10.8 Å². The minimum absolute atomic E-state index is 0.195. The molecule has 1 aromatic heterocycles. The summed E-state index contributed by atoms with van der Waals surface area (Å²) in [6.07, 6.45) is 0. The first-order chi connectivity index (χ1) is 12.3. The second kappa shape index (κ2) is 6.24. The smallest absolute Gasteiger partial charge is 0.330 e. The van der Waals surface area contributed by atoms with E-state index in [4.69, 9.17) is 4.52 Å². The Morgan fingerprint density at radius 2 is 1.28 bits per heavy atom. The fourth-order valence-electron chi connectivity index (χ4n) is 2.88. The van der Waals surface area contributed by atoms with Crippen molar-refractivity contribution >= 4 is 0 Å². The molecular weight excluding hydrogens is 317 g/mol. The van der Waals surface area contributed by atoms with Crippen LogP contribution in [0.1, 0.15) is 0 Å². The fraction of sp³-hybridized carbons (Fsp3) is 0. The lowest BCUT2D eigenvalue weighted by Gasteiger charge is -2.09. The number of nitrogens with zero attached hydrogens (tertiary/aromatic N) is 1. The molecule has 0 aliphatic rings. The van der Waals surface area contributed by atoms with Crippen molar-refractivity contribution < 1.29 is 8.91 Å². The summed E-state index contributed by atoms with van der Waals surface area (Å²) in [5.74, 6) is -0.460. The predicted octanol–water partition coefficient (Wildman–Crippen LogP) is 4.90.